The second kappa shape index (κ2) is 2.59. The monoisotopic (exact) mass is 178 g/mol. The van der Waals surface area contributed by atoms with E-state index in [2.05, 4.69) is 6.92 Å². The van der Waals surface area contributed by atoms with E-state index in [0.717, 1.165) is 17.8 Å². The van der Waals surface area contributed by atoms with Crippen molar-refractivity contribution in [2.24, 2.45) is 29.6 Å². The van der Waals surface area contributed by atoms with Crippen LogP contribution in [0.4, 0.5) is 0 Å². The van der Waals surface area contributed by atoms with Gasteiger partial charge >= 0.3 is 0 Å². The van der Waals surface area contributed by atoms with Gasteiger partial charge in [0.25, 0.3) is 0 Å². The van der Waals surface area contributed by atoms with E-state index in [1.54, 1.807) is 0 Å². The van der Waals surface area contributed by atoms with Crippen molar-refractivity contribution in [3.05, 3.63) is 0 Å². The fourth-order valence-electron chi connectivity index (χ4n) is 4.31. The molecule has 0 heterocycles. The number of rotatable bonds is 0. The van der Waals surface area contributed by atoms with Gasteiger partial charge in [-0.05, 0) is 43.4 Å². The van der Waals surface area contributed by atoms with Crippen LogP contribution >= 0.6 is 0 Å². The van der Waals surface area contributed by atoms with Gasteiger partial charge < -0.3 is 0 Å². The van der Waals surface area contributed by atoms with Crippen molar-refractivity contribution in [1.29, 1.82) is 0 Å². The Morgan fingerprint density at radius 1 is 1.15 bits per heavy atom. The molecule has 1 nitrogen and oxygen atoms in total. The van der Waals surface area contributed by atoms with Gasteiger partial charge in [0.1, 0.15) is 5.78 Å². The summed E-state index contributed by atoms with van der Waals surface area (Å²) in [5.74, 6) is 4.15. The van der Waals surface area contributed by atoms with Crippen molar-refractivity contribution in [3.63, 3.8) is 0 Å². The molecule has 0 aliphatic heterocycles. The van der Waals surface area contributed by atoms with Gasteiger partial charge in [0.15, 0.2) is 0 Å². The molecule has 0 amide bonds. The van der Waals surface area contributed by atoms with E-state index >= 15 is 0 Å². The Kier molecular flexibility index (Phi) is 1.59. The molecule has 3 fully saturated rings. The quantitative estimate of drug-likeness (QED) is 0.557. The highest BCUT2D eigenvalue weighted by Crippen LogP contribution is 2.56. The molecule has 0 N–H and O–H groups in total. The zero-order valence-corrected chi connectivity index (χ0v) is 8.33. The van der Waals surface area contributed by atoms with Crippen LogP contribution < -0.4 is 0 Å². The average molecular weight is 178 g/mol. The van der Waals surface area contributed by atoms with Crippen molar-refractivity contribution in [2.45, 2.75) is 39.0 Å². The number of carbonyl (C=O) groups excluding carboxylic acids is 1. The third kappa shape index (κ3) is 0.963. The molecule has 13 heavy (non-hydrogen) atoms. The number of Topliss-reactive ketones (excluding diaryl/α,β-unsaturated/α-hetero) is 1. The van der Waals surface area contributed by atoms with Gasteiger partial charge in [0, 0.05) is 11.8 Å². The summed E-state index contributed by atoms with van der Waals surface area (Å²) >= 11 is 0. The Hall–Kier alpha value is -0.330. The highest BCUT2D eigenvalue weighted by molar-refractivity contribution is 5.84. The summed E-state index contributed by atoms with van der Waals surface area (Å²) in [7, 11) is 0. The lowest BCUT2D eigenvalue weighted by atomic mass is 9.78. The van der Waals surface area contributed by atoms with Crippen LogP contribution in [-0.4, -0.2) is 5.78 Å². The summed E-state index contributed by atoms with van der Waals surface area (Å²) in [4.78, 5) is 11.9. The number of ketones is 1. The van der Waals surface area contributed by atoms with Crippen molar-refractivity contribution in [1.82, 2.24) is 0 Å². The van der Waals surface area contributed by atoms with Crippen LogP contribution in [-0.2, 0) is 4.79 Å². The molecule has 5 atom stereocenters. The van der Waals surface area contributed by atoms with Crippen molar-refractivity contribution < 1.29 is 4.79 Å². The SMILES string of the molecule is CC1C[C@H]2C[C@@H](C1=O)[C@@H]1CCC[C@H]21. The molecule has 72 valence electrons. The molecule has 1 unspecified atom stereocenters. The van der Waals surface area contributed by atoms with Crippen LogP contribution in [0.25, 0.3) is 0 Å². The van der Waals surface area contributed by atoms with Crippen molar-refractivity contribution >= 4 is 5.78 Å². The highest BCUT2D eigenvalue weighted by Gasteiger charge is 2.52. The van der Waals surface area contributed by atoms with Crippen LogP contribution in [0.15, 0.2) is 0 Å². The fourth-order valence-corrected chi connectivity index (χ4v) is 4.31. The molecule has 3 saturated carbocycles. The molecule has 3 aliphatic carbocycles. The van der Waals surface area contributed by atoms with Gasteiger partial charge in [-0.1, -0.05) is 13.3 Å². The van der Waals surface area contributed by atoms with Gasteiger partial charge in [-0.25, -0.2) is 0 Å². The Morgan fingerprint density at radius 3 is 2.77 bits per heavy atom. The topological polar surface area (TPSA) is 17.1 Å². The van der Waals surface area contributed by atoms with Crippen LogP contribution in [0, 0.1) is 29.6 Å². The Morgan fingerprint density at radius 2 is 1.92 bits per heavy atom. The second-order valence-electron chi connectivity index (χ2n) is 5.40. The van der Waals surface area contributed by atoms with E-state index in [1.165, 1.54) is 32.1 Å². The lowest BCUT2D eigenvalue weighted by Crippen LogP contribution is -2.28. The van der Waals surface area contributed by atoms with E-state index < -0.39 is 0 Å². The zero-order chi connectivity index (χ0) is 9.00. The Labute approximate surface area is 79.9 Å². The Bertz CT molecular complexity index is 244. The molecule has 2 bridgehead atoms. The molecule has 0 saturated heterocycles. The molecule has 0 spiro atoms. The molecular weight excluding hydrogens is 160 g/mol. The molecule has 1 heteroatoms. The predicted octanol–water partition coefficient (Wildman–Crippen LogP) is 2.65. The van der Waals surface area contributed by atoms with E-state index in [1.807, 2.05) is 0 Å². The minimum Gasteiger partial charge on any atom is -0.299 e. The molecule has 3 rings (SSSR count). The first-order chi connectivity index (χ1) is 6.27. The molecule has 0 aromatic carbocycles. The predicted molar refractivity (Wildman–Crippen MR) is 51.2 cm³/mol. The summed E-state index contributed by atoms with van der Waals surface area (Å²) in [5, 5.41) is 0. The normalized spacial score (nSPS) is 53.9. The molecule has 0 aromatic rings. The van der Waals surface area contributed by atoms with Gasteiger partial charge in [-0.3, -0.25) is 4.79 Å². The van der Waals surface area contributed by atoms with Crippen molar-refractivity contribution in [2.75, 3.05) is 0 Å². The number of fused-ring (bicyclic) bond motifs is 5. The van der Waals surface area contributed by atoms with E-state index in [9.17, 15) is 4.79 Å². The zero-order valence-electron chi connectivity index (χ0n) is 8.33. The average Bonchev–Trinajstić information content (AvgIpc) is 2.64. The molecule has 0 radical (unpaired) electrons. The maximum atomic E-state index is 11.9. The first-order valence-corrected chi connectivity index (χ1v) is 5.81. The van der Waals surface area contributed by atoms with E-state index in [4.69, 9.17) is 0 Å². The number of hydrogen-bond acceptors (Lipinski definition) is 1. The first kappa shape index (κ1) is 8.02. The van der Waals surface area contributed by atoms with E-state index in [0.29, 0.717) is 17.6 Å². The lowest BCUT2D eigenvalue weighted by molar-refractivity contribution is -0.129. The smallest absolute Gasteiger partial charge is 0.139 e. The minimum absolute atomic E-state index is 0.384. The summed E-state index contributed by atoms with van der Waals surface area (Å²) in [6, 6.07) is 0. The third-order valence-electron chi connectivity index (χ3n) is 4.81. The van der Waals surface area contributed by atoms with Gasteiger partial charge in [-0.2, -0.15) is 0 Å². The van der Waals surface area contributed by atoms with Gasteiger partial charge in [-0.15, -0.1) is 0 Å². The van der Waals surface area contributed by atoms with Crippen LogP contribution in [0.2, 0.25) is 0 Å². The highest BCUT2D eigenvalue weighted by atomic mass is 16.1. The number of hydrogen-bond donors (Lipinski definition) is 0. The van der Waals surface area contributed by atoms with Crippen LogP contribution in [0.3, 0.4) is 0 Å². The van der Waals surface area contributed by atoms with Gasteiger partial charge in [0.2, 0.25) is 0 Å². The molecule has 3 aliphatic rings. The molecular formula is C12H18O. The summed E-state index contributed by atoms with van der Waals surface area (Å²) in [5.41, 5.74) is 0. The van der Waals surface area contributed by atoms with Gasteiger partial charge in [0.05, 0.1) is 0 Å². The second-order valence-corrected chi connectivity index (χ2v) is 5.40. The first-order valence-electron chi connectivity index (χ1n) is 5.81. The largest absolute Gasteiger partial charge is 0.299 e. The Balaban J connectivity index is 1.93. The maximum Gasteiger partial charge on any atom is 0.139 e. The third-order valence-corrected chi connectivity index (χ3v) is 4.81. The lowest BCUT2D eigenvalue weighted by Gasteiger charge is -2.25. The summed E-state index contributed by atoms with van der Waals surface area (Å²) in [6.07, 6.45) is 6.62. The van der Waals surface area contributed by atoms with Crippen LogP contribution in [0.5, 0.6) is 0 Å². The number of carbonyl (C=O) groups is 1. The van der Waals surface area contributed by atoms with E-state index in [-0.39, 0.29) is 0 Å². The minimum atomic E-state index is 0.384. The summed E-state index contributed by atoms with van der Waals surface area (Å²) < 4.78 is 0. The van der Waals surface area contributed by atoms with Crippen molar-refractivity contribution in [3.8, 4) is 0 Å². The molecule has 0 aromatic heterocycles. The fraction of sp³-hybridized carbons (Fsp3) is 0.917. The standard InChI is InChI=1S/C12H18O/c1-7-5-8-6-11(12(7)13)10-4-2-3-9(8)10/h7-11H,2-6H2,1H3/t7?,8-,9+,10+,11+/m0/s1. The maximum absolute atomic E-state index is 11.9. The van der Waals surface area contributed by atoms with Crippen LogP contribution in [0.1, 0.15) is 39.0 Å². The summed E-state index contributed by atoms with van der Waals surface area (Å²) in [6.45, 7) is 2.14.